The van der Waals surface area contributed by atoms with Crippen molar-refractivity contribution in [3.05, 3.63) is 65.2 Å². The monoisotopic (exact) mass is 387 g/mol. The Kier molecular flexibility index (Phi) is 5.70. The van der Waals surface area contributed by atoms with Crippen molar-refractivity contribution in [2.75, 3.05) is 0 Å². The maximum Gasteiger partial charge on any atom is 0.192 e. The number of benzene rings is 2. The molecule has 0 radical (unpaired) electrons. The molecule has 2 aromatic carbocycles. The Hall–Kier alpha value is -2.54. The maximum absolute atomic E-state index is 13.4. The van der Waals surface area contributed by atoms with Crippen LogP contribution >= 0.6 is 11.8 Å². The van der Waals surface area contributed by atoms with Crippen molar-refractivity contribution >= 4 is 17.5 Å². The Morgan fingerprint density at radius 3 is 2.56 bits per heavy atom. The van der Waals surface area contributed by atoms with Gasteiger partial charge < -0.3 is 4.57 Å². The van der Waals surface area contributed by atoms with Crippen molar-refractivity contribution in [2.24, 2.45) is 0 Å². The normalized spacial score (nSPS) is 12.2. The molecule has 0 aliphatic heterocycles. The van der Waals surface area contributed by atoms with Gasteiger partial charge in [0.05, 0.1) is 5.25 Å². The first-order chi connectivity index (χ1) is 12.9. The largest absolute Gasteiger partial charge is 0.302 e. The molecule has 140 valence electrons. The molecule has 0 fully saturated rings. The Labute approximate surface area is 160 Å². The van der Waals surface area contributed by atoms with E-state index in [4.69, 9.17) is 0 Å². The number of hydrogen-bond acceptors (Lipinski definition) is 4. The van der Waals surface area contributed by atoms with Gasteiger partial charge >= 0.3 is 0 Å². The molecule has 0 unspecified atom stereocenters. The summed E-state index contributed by atoms with van der Waals surface area (Å²) in [7, 11) is 0. The topological polar surface area (TPSA) is 47.8 Å². The first kappa shape index (κ1) is 19.2. The number of carbonyl (C=O) groups excluding carboxylic acids is 1. The van der Waals surface area contributed by atoms with Crippen molar-refractivity contribution in [3.8, 4) is 11.4 Å². The minimum atomic E-state index is -1.03. The van der Waals surface area contributed by atoms with Gasteiger partial charge in [0.15, 0.2) is 28.4 Å². The molecule has 0 saturated heterocycles. The van der Waals surface area contributed by atoms with Crippen LogP contribution in [0.15, 0.2) is 47.6 Å². The van der Waals surface area contributed by atoms with E-state index in [1.54, 1.807) is 6.92 Å². The summed E-state index contributed by atoms with van der Waals surface area (Å²) in [4.78, 5) is 12.6. The lowest BCUT2D eigenvalue weighted by molar-refractivity contribution is 0.0993. The van der Waals surface area contributed by atoms with Gasteiger partial charge in [0, 0.05) is 17.7 Å². The molecular formula is C20H19F2N3OS. The molecule has 27 heavy (non-hydrogen) atoms. The number of aromatic nitrogens is 3. The van der Waals surface area contributed by atoms with Crippen molar-refractivity contribution in [2.45, 2.75) is 37.7 Å². The molecular weight excluding hydrogens is 368 g/mol. The Morgan fingerprint density at radius 1 is 1.15 bits per heavy atom. The van der Waals surface area contributed by atoms with E-state index in [-0.39, 0.29) is 11.3 Å². The molecule has 7 heteroatoms. The first-order valence-corrected chi connectivity index (χ1v) is 9.45. The van der Waals surface area contributed by atoms with Gasteiger partial charge in [0.2, 0.25) is 0 Å². The second kappa shape index (κ2) is 8.00. The number of rotatable bonds is 6. The highest BCUT2D eigenvalue weighted by atomic mass is 32.2. The number of thioether (sulfide) groups is 1. The first-order valence-electron chi connectivity index (χ1n) is 8.57. The number of halogens is 2. The second-order valence-corrected chi connectivity index (χ2v) is 7.43. The van der Waals surface area contributed by atoms with Crippen molar-refractivity contribution in [3.63, 3.8) is 0 Å². The van der Waals surface area contributed by atoms with E-state index in [1.165, 1.54) is 17.8 Å². The van der Waals surface area contributed by atoms with Gasteiger partial charge in [0.25, 0.3) is 0 Å². The second-order valence-electron chi connectivity index (χ2n) is 6.12. The highest BCUT2D eigenvalue weighted by Crippen LogP contribution is 2.29. The molecule has 0 spiro atoms. The summed E-state index contributed by atoms with van der Waals surface area (Å²) >= 11 is 1.25. The fourth-order valence-corrected chi connectivity index (χ4v) is 3.77. The van der Waals surface area contributed by atoms with Gasteiger partial charge in [-0.1, -0.05) is 36.0 Å². The molecule has 0 aliphatic rings. The summed E-state index contributed by atoms with van der Waals surface area (Å²) in [6.07, 6.45) is 0. The van der Waals surface area contributed by atoms with Gasteiger partial charge in [-0.05, 0) is 44.5 Å². The fraction of sp³-hybridized carbons (Fsp3) is 0.250. The van der Waals surface area contributed by atoms with E-state index in [9.17, 15) is 13.6 Å². The predicted molar refractivity (Wildman–Crippen MR) is 102 cm³/mol. The van der Waals surface area contributed by atoms with Crippen LogP contribution in [0.3, 0.4) is 0 Å². The Morgan fingerprint density at radius 2 is 1.89 bits per heavy atom. The number of hydrogen-bond donors (Lipinski definition) is 0. The van der Waals surface area contributed by atoms with Gasteiger partial charge in [0.1, 0.15) is 0 Å². The van der Waals surface area contributed by atoms with Gasteiger partial charge in [-0.15, -0.1) is 10.2 Å². The van der Waals surface area contributed by atoms with E-state index in [1.807, 2.05) is 42.7 Å². The lowest BCUT2D eigenvalue weighted by Crippen LogP contribution is -2.15. The van der Waals surface area contributed by atoms with Crippen LogP contribution in [-0.4, -0.2) is 25.8 Å². The molecule has 1 heterocycles. The third kappa shape index (κ3) is 3.93. The highest BCUT2D eigenvalue weighted by molar-refractivity contribution is 8.00. The Balaban J connectivity index is 1.86. The van der Waals surface area contributed by atoms with Crippen LogP contribution in [0.2, 0.25) is 0 Å². The molecule has 1 aromatic heterocycles. The highest BCUT2D eigenvalue weighted by Gasteiger charge is 2.22. The number of aryl methyl sites for hydroxylation is 1. The summed E-state index contributed by atoms with van der Waals surface area (Å²) in [5, 5.41) is 8.63. The third-order valence-corrected chi connectivity index (χ3v) is 5.36. The van der Waals surface area contributed by atoms with E-state index >= 15 is 0 Å². The molecule has 3 rings (SSSR count). The lowest BCUT2D eigenvalue weighted by Gasteiger charge is -2.12. The number of carbonyl (C=O) groups is 1. The smallest absolute Gasteiger partial charge is 0.192 e. The zero-order chi connectivity index (χ0) is 19.6. The van der Waals surface area contributed by atoms with Gasteiger partial charge in [-0.2, -0.15) is 0 Å². The van der Waals surface area contributed by atoms with E-state index in [0.717, 1.165) is 29.1 Å². The number of Topliss-reactive ketones (excluding diaryl/α,β-unsaturated/α-hetero) is 1. The summed E-state index contributed by atoms with van der Waals surface area (Å²) < 4.78 is 28.5. The average Bonchev–Trinajstić information content (AvgIpc) is 3.06. The molecule has 0 amide bonds. The molecule has 0 aliphatic carbocycles. The molecule has 4 nitrogen and oxygen atoms in total. The number of ketones is 1. The van der Waals surface area contributed by atoms with E-state index in [2.05, 4.69) is 10.2 Å². The van der Waals surface area contributed by atoms with Crippen molar-refractivity contribution in [1.29, 1.82) is 0 Å². The van der Waals surface area contributed by atoms with Gasteiger partial charge in [-0.3, -0.25) is 4.79 Å². The summed E-state index contributed by atoms with van der Waals surface area (Å²) in [6, 6.07) is 11.1. The van der Waals surface area contributed by atoms with Crippen molar-refractivity contribution in [1.82, 2.24) is 14.8 Å². The van der Waals surface area contributed by atoms with Crippen LogP contribution in [0.5, 0.6) is 0 Å². The number of nitrogens with zero attached hydrogens (tertiary/aromatic N) is 3. The summed E-state index contributed by atoms with van der Waals surface area (Å²) in [5.74, 6) is -1.55. The van der Waals surface area contributed by atoms with Crippen LogP contribution in [0, 0.1) is 18.6 Å². The molecule has 0 bridgehead atoms. The predicted octanol–water partition coefficient (Wildman–Crippen LogP) is 4.92. The summed E-state index contributed by atoms with van der Waals surface area (Å²) in [5.41, 5.74) is 2.20. The summed E-state index contributed by atoms with van der Waals surface area (Å²) in [6.45, 7) is 6.35. The quantitative estimate of drug-likeness (QED) is 0.445. The maximum atomic E-state index is 13.4. The fourth-order valence-electron chi connectivity index (χ4n) is 2.78. The molecule has 0 saturated carbocycles. The van der Waals surface area contributed by atoms with E-state index in [0.29, 0.717) is 11.7 Å². The zero-order valence-corrected chi connectivity index (χ0v) is 16.1. The molecule has 1 atom stereocenters. The van der Waals surface area contributed by atoms with Crippen LogP contribution in [0.4, 0.5) is 8.78 Å². The average molecular weight is 387 g/mol. The van der Waals surface area contributed by atoms with E-state index < -0.39 is 16.9 Å². The van der Waals surface area contributed by atoms with Crippen LogP contribution in [0.1, 0.15) is 29.8 Å². The van der Waals surface area contributed by atoms with Gasteiger partial charge in [-0.25, -0.2) is 8.78 Å². The minimum Gasteiger partial charge on any atom is -0.302 e. The van der Waals surface area contributed by atoms with Crippen LogP contribution in [-0.2, 0) is 6.54 Å². The lowest BCUT2D eigenvalue weighted by atomic mass is 10.1. The van der Waals surface area contributed by atoms with Crippen LogP contribution < -0.4 is 0 Å². The van der Waals surface area contributed by atoms with Crippen LogP contribution in [0.25, 0.3) is 11.4 Å². The molecule has 0 N–H and O–H groups in total. The third-order valence-electron chi connectivity index (χ3n) is 4.27. The Bertz CT molecular complexity index is 987. The standard InChI is InChI=1S/C20H19F2N3OS/c1-4-25-19(15-8-6-5-7-12(15)2)23-24-20(25)27-13(3)18(26)14-9-10-16(21)17(22)11-14/h5-11,13H,4H2,1-3H3/t13-/m0/s1. The zero-order valence-electron chi connectivity index (χ0n) is 15.2. The minimum absolute atomic E-state index is 0.135. The van der Waals surface area contributed by atoms with Crippen molar-refractivity contribution < 1.29 is 13.6 Å². The molecule has 3 aromatic rings. The SMILES string of the molecule is CCn1c(S[C@@H](C)C(=O)c2ccc(F)c(F)c2)nnc1-c1ccccc1C.